The van der Waals surface area contributed by atoms with Gasteiger partial charge in [-0.3, -0.25) is 4.90 Å². The second-order valence-corrected chi connectivity index (χ2v) is 11.6. The number of fused-ring (bicyclic) bond motifs is 12. The average Bonchev–Trinajstić information content (AvgIpc) is 3.67. The van der Waals surface area contributed by atoms with E-state index in [4.69, 9.17) is 9.15 Å². The number of pyridine rings is 1. The largest absolute Gasteiger partial charge is 0.466 e. The molecule has 45 heavy (non-hydrogen) atoms. The highest BCUT2D eigenvalue weighted by Crippen LogP contribution is 2.44. The van der Waals surface area contributed by atoms with E-state index in [2.05, 4.69) is 118 Å². The van der Waals surface area contributed by atoms with Crippen LogP contribution in [-0.2, 0) is 0 Å². The second kappa shape index (κ2) is 9.21. The van der Waals surface area contributed by atoms with Crippen LogP contribution in [0, 0.1) is 0 Å². The minimum atomic E-state index is -0.298. The molecule has 0 fully saturated rings. The molecule has 0 amide bonds. The Morgan fingerprint density at radius 1 is 0.622 bits per heavy atom. The highest BCUT2D eigenvalue weighted by molar-refractivity contribution is 6.26. The topological polar surface area (TPSA) is 50.5 Å². The van der Waals surface area contributed by atoms with E-state index in [0.717, 1.165) is 50.4 Å². The van der Waals surface area contributed by atoms with Crippen LogP contribution < -0.4 is 15.0 Å². The van der Waals surface area contributed by atoms with Crippen molar-refractivity contribution in [3.63, 3.8) is 0 Å². The standard InChI is InChI=1S/C40H25N3O2/c1-2-11-27-25(9-1)26-10-3-4-12-28(26)33-23-24(17-18-29(27)33)43(34-21-22-41-40-38(34)32-14-6-8-16-36(32)45-40)37-20-19-31-30-13-5-7-15-35(30)44-39(31)42-37/h1-23,39,42H. The first-order valence-corrected chi connectivity index (χ1v) is 15.2. The van der Waals surface area contributed by atoms with Gasteiger partial charge in [0.2, 0.25) is 5.71 Å². The Bertz CT molecular complexity index is 2540. The van der Waals surface area contributed by atoms with Crippen LogP contribution in [0.3, 0.4) is 0 Å². The van der Waals surface area contributed by atoms with E-state index in [0.29, 0.717) is 5.71 Å². The third-order valence-electron chi connectivity index (χ3n) is 9.15. The number of para-hydroxylation sites is 2. The van der Waals surface area contributed by atoms with Gasteiger partial charge in [0.25, 0.3) is 0 Å². The number of benzene rings is 6. The maximum absolute atomic E-state index is 6.40. The molecule has 6 aromatic carbocycles. The number of dihydropyridines is 1. The zero-order valence-corrected chi connectivity index (χ0v) is 24.1. The molecule has 0 radical (unpaired) electrons. The summed E-state index contributed by atoms with van der Waals surface area (Å²) in [4.78, 5) is 6.91. The predicted octanol–water partition coefficient (Wildman–Crippen LogP) is 9.83. The van der Waals surface area contributed by atoms with Crippen molar-refractivity contribution in [1.82, 2.24) is 10.3 Å². The van der Waals surface area contributed by atoms with Crippen LogP contribution in [0.1, 0.15) is 5.56 Å². The van der Waals surface area contributed by atoms with Gasteiger partial charge >= 0.3 is 0 Å². The molecule has 1 N–H and O–H groups in total. The fourth-order valence-corrected chi connectivity index (χ4v) is 7.17. The van der Waals surface area contributed by atoms with Gasteiger partial charge in [-0.1, -0.05) is 91.0 Å². The highest BCUT2D eigenvalue weighted by Gasteiger charge is 2.33. The van der Waals surface area contributed by atoms with Crippen LogP contribution >= 0.6 is 0 Å². The number of hydrogen-bond acceptors (Lipinski definition) is 5. The summed E-state index contributed by atoms with van der Waals surface area (Å²) in [5, 5.41) is 13.1. The Kier molecular flexibility index (Phi) is 4.99. The lowest BCUT2D eigenvalue weighted by Gasteiger charge is -2.32. The van der Waals surface area contributed by atoms with Crippen molar-refractivity contribution in [2.24, 2.45) is 0 Å². The molecular formula is C40H25N3O2. The van der Waals surface area contributed by atoms with Gasteiger partial charge in [0.15, 0.2) is 6.23 Å². The van der Waals surface area contributed by atoms with Crippen molar-refractivity contribution in [3.8, 4) is 5.75 Å². The number of allylic oxidation sites excluding steroid dienone is 2. The molecule has 2 aliphatic heterocycles. The van der Waals surface area contributed by atoms with Crippen molar-refractivity contribution in [2.45, 2.75) is 6.23 Å². The molecule has 0 saturated heterocycles. The number of nitrogens with one attached hydrogen (secondary N) is 1. The van der Waals surface area contributed by atoms with Crippen LogP contribution in [-0.4, -0.2) is 11.2 Å². The van der Waals surface area contributed by atoms with Gasteiger partial charge in [0.1, 0.15) is 17.2 Å². The smallest absolute Gasteiger partial charge is 0.229 e. The molecule has 0 saturated carbocycles. The summed E-state index contributed by atoms with van der Waals surface area (Å²) in [5.41, 5.74) is 5.65. The third-order valence-corrected chi connectivity index (χ3v) is 9.15. The Hall–Kier alpha value is -6.07. The summed E-state index contributed by atoms with van der Waals surface area (Å²) >= 11 is 0. The zero-order valence-electron chi connectivity index (χ0n) is 24.1. The number of furan rings is 1. The minimum Gasteiger partial charge on any atom is -0.466 e. The number of ether oxygens (including phenoxy) is 1. The lowest BCUT2D eigenvalue weighted by molar-refractivity contribution is 0.248. The summed E-state index contributed by atoms with van der Waals surface area (Å²) in [5.74, 6) is 1.79. The zero-order chi connectivity index (χ0) is 29.5. The van der Waals surface area contributed by atoms with Gasteiger partial charge in [-0.15, -0.1) is 0 Å². The maximum Gasteiger partial charge on any atom is 0.229 e. The van der Waals surface area contributed by atoms with E-state index >= 15 is 0 Å². The molecule has 1 unspecified atom stereocenters. The average molecular weight is 580 g/mol. The molecule has 212 valence electrons. The Morgan fingerprint density at radius 3 is 2.09 bits per heavy atom. The quantitative estimate of drug-likeness (QED) is 0.211. The molecule has 2 aliphatic rings. The van der Waals surface area contributed by atoms with E-state index in [1.807, 2.05) is 36.5 Å². The molecule has 8 aromatic rings. The van der Waals surface area contributed by atoms with E-state index in [1.54, 1.807) is 0 Å². The van der Waals surface area contributed by atoms with Crippen LogP contribution in [0.5, 0.6) is 5.75 Å². The van der Waals surface area contributed by atoms with E-state index in [1.165, 1.54) is 32.3 Å². The first kappa shape index (κ1) is 24.4. The lowest BCUT2D eigenvalue weighted by Crippen LogP contribution is -2.39. The van der Waals surface area contributed by atoms with Gasteiger partial charge < -0.3 is 14.5 Å². The fraction of sp³-hybridized carbons (Fsp3) is 0.0250. The summed E-state index contributed by atoms with van der Waals surface area (Å²) in [6, 6.07) is 42.5. The Balaban J connectivity index is 1.25. The lowest BCUT2D eigenvalue weighted by atomic mass is 9.94. The molecule has 10 rings (SSSR count). The first-order chi connectivity index (χ1) is 22.3. The van der Waals surface area contributed by atoms with Crippen molar-refractivity contribution in [1.29, 1.82) is 0 Å². The van der Waals surface area contributed by atoms with Gasteiger partial charge in [-0.25, -0.2) is 4.98 Å². The van der Waals surface area contributed by atoms with Crippen LogP contribution in [0.4, 0.5) is 11.4 Å². The molecule has 0 aliphatic carbocycles. The summed E-state index contributed by atoms with van der Waals surface area (Å²) in [6.45, 7) is 0. The number of hydrogen-bond donors (Lipinski definition) is 1. The van der Waals surface area contributed by atoms with E-state index in [9.17, 15) is 0 Å². The SMILES string of the molecule is C1=C2c3ccccc3OC2NC(N(c2ccc3c4ccccc4c4ccccc4c3c2)c2ccnc3oc4ccccc4c23)=C1. The first-order valence-electron chi connectivity index (χ1n) is 15.2. The van der Waals surface area contributed by atoms with E-state index in [-0.39, 0.29) is 6.23 Å². The molecule has 5 heteroatoms. The Morgan fingerprint density at radius 2 is 1.29 bits per heavy atom. The summed E-state index contributed by atoms with van der Waals surface area (Å²) in [6.07, 6.45) is 5.84. The summed E-state index contributed by atoms with van der Waals surface area (Å²) in [7, 11) is 0. The van der Waals surface area contributed by atoms with Gasteiger partial charge in [-0.05, 0) is 74.8 Å². The minimum absolute atomic E-state index is 0.298. The van der Waals surface area contributed by atoms with Crippen molar-refractivity contribution in [2.75, 3.05) is 4.90 Å². The van der Waals surface area contributed by atoms with Gasteiger partial charge in [0, 0.05) is 28.4 Å². The van der Waals surface area contributed by atoms with Gasteiger partial charge in [0.05, 0.1) is 11.1 Å². The van der Waals surface area contributed by atoms with Crippen molar-refractivity contribution in [3.05, 3.63) is 151 Å². The molecule has 0 spiro atoms. The number of aromatic nitrogens is 1. The molecule has 5 nitrogen and oxygen atoms in total. The third kappa shape index (κ3) is 3.52. The molecule has 0 bridgehead atoms. The number of rotatable bonds is 3. The van der Waals surface area contributed by atoms with E-state index < -0.39 is 0 Å². The molecule has 1 atom stereocenters. The molecule has 4 heterocycles. The van der Waals surface area contributed by atoms with Crippen LogP contribution in [0.25, 0.3) is 60.0 Å². The maximum atomic E-state index is 6.40. The summed E-state index contributed by atoms with van der Waals surface area (Å²) < 4.78 is 12.6. The van der Waals surface area contributed by atoms with Crippen LogP contribution in [0.15, 0.2) is 150 Å². The predicted molar refractivity (Wildman–Crippen MR) is 183 cm³/mol. The Labute approximate surface area is 258 Å². The van der Waals surface area contributed by atoms with Crippen molar-refractivity contribution >= 4 is 71.3 Å². The normalized spacial score (nSPS) is 15.5. The highest BCUT2D eigenvalue weighted by atomic mass is 16.5. The second-order valence-electron chi connectivity index (χ2n) is 11.6. The monoisotopic (exact) mass is 579 g/mol. The number of nitrogens with zero attached hydrogens (tertiary/aromatic N) is 2. The number of anilines is 2. The fourth-order valence-electron chi connectivity index (χ4n) is 7.17. The van der Waals surface area contributed by atoms with Crippen molar-refractivity contribution < 1.29 is 9.15 Å². The molecule has 2 aromatic heterocycles. The molecular weight excluding hydrogens is 554 g/mol. The van der Waals surface area contributed by atoms with Crippen LogP contribution in [0.2, 0.25) is 0 Å². The van der Waals surface area contributed by atoms with Gasteiger partial charge in [-0.2, -0.15) is 0 Å².